The predicted molar refractivity (Wildman–Crippen MR) is 72.7 cm³/mol. The lowest BCUT2D eigenvalue weighted by Gasteiger charge is -2.41. The van der Waals surface area contributed by atoms with Crippen LogP contribution in [-0.2, 0) is 9.59 Å². The Bertz CT molecular complexity index is 368. The molecular formula is C15H25NO3. The van der Waals surface area contributed by atoms with Crippen LogP contribution >= 0.6 is 0 Å². The zero-order valence-corrected chi connectivity index (χ0v) is 12.0. The summed E-state index contributed by atoms with van der Waals surface area (Å²) in [4.78, 5) is 25.5. The highest BCUT2D eigenvalue weighted by atomic mass is 16.4. The molecule has 1 heterocycles. The van der Waals surface area contributed by atoms with Gasteiger partial charge in [0.2, 0.25) is 5.91 Å². The SMILES string of the molecule is CCC1(C)CCCN(C(=O)[C@@H]2CC[C@H](C(=O)O)C2)C1. The highest BCUT2D eigenvalue weighted by Crippen LogP contribution is 2.36. The first-order valence-electron chi connectivity index (χ1n) is 7.47. The Kier molecular flexibility index (Phi) is 4.16. The maximum absolute atomic E-state index is 12.5. The molecule has 2 rings (SSSR count). The van der Waals surface area contributed by atoms with E-state index in [1.807, 2.05) is 4.90 Å². The minimum atomic E-state index is -0.743. The van der Waals surface area contributed by atoms with Gasteiger partial charge in [0.25, 0.3) is 0 Å². The summed E-state index contributed by atoms with van der Waals surface area (Å²) in [7, 11) is 0. The van der Waals surface area contributed by atoms with Crippen molar-refractivity contribution in [1.82, 2.24) is 4.90 Å². The molecule has 2 fully saturated rings. The summed E-state index contributed by atoms with van der Waals surface area (Å²) >= 11 is 0. The summed E-state index contributed by atoms with van der Waals surface area (Å²) in [5, 5.41) is 9.02. The molecule has 0 radical (unpaired) electrons. The molecule has 2 aliphatic rings. The number of carbonyl (C=O) groups is 2. The Hall–Kier alpha value is -1.06. The first-order valence-corrected chi connectivity index (χ1v) is 7.47. The molecule has 4 nitrogen and oxygen atoms in total. The van der Waals surface area contributed by atoms with Gasteiger partial charge >= 0.3 is 5.97 Å². The number of hydrogen-bond donors (Lipinski definition) is 1. The molecule has 0 aromatic rings. The molecule has 1 N–H and O–H groups in total. The second kappa shape index (κ2) is 5.51. The van der Waals surface area contributed by atoms with E-state index in [-0.39, 0.29) is 23.2 Å². The van der Waals surface area contributed by atoms with Gasteiger partial charge in [0.15, 0.2) is 0 Å². The van der Waals surface area contributed by atoms with Crippen molar-refractivity contribution in [3.63, 3.8) is 0 Å². The van der Waals surface area contributed by atoms with Crippen LogP contribution < -0.4 is 0 Å². The molecule has 108 valence electrons. The van der Waals surface area contributed by atoms with Crippen molar-refractivity contribution in [3.05, 3.63) is 0 Å². The highest BCUT2D eigenvalue weighted by Gasteiger charge is 2.38. The van der Waals surface area contributed by atoms with Crippen LogP contribution in [0.5, 0.6) is 0 Å². The van der Waals surface area contributed by atoms with Crippen LogP contribution in [-0.4, -0.2) is 35.0 Å². The third-order valence-electron chi connectivity index (χ3n) is 5.08. The van der Waals surface area contributed by atoms with Crippen molar-refractivity contribution in [2.75, 3.05) is 13.1 Å². The van der Waals surface area contributed by atoms with Crippen molar-refractivity contribution < 1.29 is 14.7 Å². The Morgan fingerprint density at radius 2 is 2.00 bits per heavy atom. The first-order chi connectivity index (χ1) is 8.95. The second-order valence-electron chi connectivity index (χ2n) is 6.57. The van der Waals surface area contributed by atoms with Gasteiger partial charge in [-0.2, -0.15) is 0 Å². The topological polar surface area (TPSA) is 57.6 Å². The minimum absolute atomic E-state index is 0.0553. The summed E-state index contributed by atoms with van der Waals surface area (Å²) in [6.07, 6.45) is 5.30. The van der Waals surface area contributed by atoms with Gasteiger partial charge in [0.1, 0.15) is 0 Å². The Balaban J connectivity index is 1.95. The molecule has 0 aromatic carbocycles. The Morgan fingerprint density at radius 3 is 2.58 bits per heavy atom. The third-order valence-corrected chi connectivity index (χ3v) is 5.08. The molecule has 1 saturated carbocycles. The normalized spacial score (nSPS) is 35.4. The van der Waals surface area contributed by atoms with Crippen LogP contribution in [0.3, 0.4) is 0 Å². The molecule has 3 atom stereocenters. The Morgan fingerprint density at radius 1 is 1.32 bits per heavy atom. The number of nitrogens with zero attached hydrogens (tertiary/aromatic N) is 1. The van der Waals surface area contributed by atoms with Gasteiger partial charge < -0.3 is 10.0 Å². The monoisotopic (exact) mass is 267 g/mol. The van der Waals surface area contributed by atoms with Crippen molar-refractivity contribution >= 4 is 11.9 Å². The Labute approximate surface area is 115 Å². The fourth-order valence-corrected chi connectivity index (χ4v) is 3.48. The van der Waals surface area contributed by atoms with E-state index in [0.717, 1.165) is 32.4 Å². The lowest BCUT2D eigenvalue weighted by molar-refractivity contribution is -0.142. The second-order valence-corrected chi connectivity index (χ2v) is 6.57. The number of likely N-dealkylation sites (tertiary alicyclic amines) is 1. The number of carboxylic acid groups (broad SMARTS) is 1. The summed E-state index contributed by atoms with van der Waals surface area (Å²) < 4.78 is 0. The number of hydrogen-bond acceptors (Lipinski definition) is 2. The van der Waals surface area contributed by atoms with E-state index in [1.54, 1.807) is 0 Å². The molecule has 19 heavy (non-hydrogen) atoms. The van der Waals surface area contributed by atoms with Crippen molar-refractivity contribution in [2.24, 2.45) is 17.3 Å². The average molecular weight is 267 g/mol. The van der Waals surface area contributed by atoms with E-state index in [2.05, 4.69) is 13.8 Å². The van der Waals surface area contributed by atoms with E-state index in [1.165, 1.54) is 6.42 Å². The summed E-state index contributed by atoms with van der Waals surface area (Å²) in [5.74, 6) is -0.910. The average Bonchev–Trinajstić information content (AvgIpc) is 2.87. The molecule has 1 saturated heterocycles. The van der Waals surface area contributed by atoms with Gasteiger partial charge in [-0.1, -0.05) is 13.8 Å². The molecule has 1 aliphatic heterocycles. The summed E-state index contributed by atoms with van der Waals surface area (Å²) in [6, 6.07) is 0. The van der Waals surface area contributed by atoms with E-state index in [0.29, 0.717) is 12.8 Å². The van der Waals surface area contributed by atoms with Gasteiger partial charge in [0.05, 0.1) is 5.92 Å². The van der Waals surface area contributed by atoms with Crippen LogP contribution in [0.15, 0.2) is 0 Å². The van der Waals surface area contributed by atoms with Crippen molar-refractivity contribution in [3.8, 4) is 0 Å². The molecular weight excluding hydrogens is 242 g/mol. The number of piperidine rings is 1. The largest absolute Gasteiger partial charge is 0.481 e. The molecule has 1 aliphatic carbocycles. The van der Waals surface area contributed by atoms with Crippen LogP contribution in [0.1, 0.15) is 52.4 Å². The molecule has 1 unspecified atom stereocenters. The van der Waals surface area contributed by atoms with Crippen LogP contribution in [0, 0.1) is 17.3 Å². The molecule has 1 amide bonds. The van der Waals surface area contributed by atoms with Crippen molar-refractivity contribution in [1.29, 1.82) is 0 Å². The standard InChI is InChI=1S/C15H25NO3/c1-3-15(2)7-4-8-16(10-15)13(17)11-5-6-12(9-11)14(18)19/h11-12H,3-10H2,1-2H3,(H,18,19)/t11-,12+,15?/m1/s1. The minimum Gasteiger partial charge on any atom is -0.481 e. The highest BCUT2D eigenvalue weighted by molar-refractivity contribution is 5.81. The van der Waals surface area contributed by atoms with Gasteiger partial charge in [-0.05, 0) is 43.9 Å². The van der Waals surface area contributed by atoms with Gasteiger partial charge in [-0.25, -0.2) is 0 Å². The van der Waals surface area contributed by atoms with E-state index in [4.69, 9.17) is 5.11 Å². The fraction of sp³-hybridized carbons (Fsp3) is 0.867. The lowest BCUT2D eigenvalue weighted by atomic mass is 9.79. The third kappa shape index (κ3) is 3.10. The van der Waals surface area contributed by atoms with E-state index >= 15 is 0 Å². The number of carboxylic acids is 1. The number of aliphatic carboxylic acids is 1. The van der Waals surface area contributed by atoms with Gasteiger partial charge in [-0.3, -0.25) is 9.59 Å². The maximum atomic E-state index is 12.5. The van der Waals surface area contributed by atoms with E-state index in [9.17, 15) is 9.59 Å². The van der Waals surface area contributed by atoms with Crippen LogP contribution in [0.25, 0.3) is 0 Å². The van der Waals surface area contributed by atoms with Gasteiger partial charge in [-0.15, -0.1) is 0 Å². The van der Waals surface area contributed by atoms with Crippen LogP contribution in [0.4, 0.5) is 0 Å². The van der Waals surface area contributed by atoms with Crippen LogP contribution in [0.2, 0.25) is 0 Å². The summed E-state index contributed by atoms with van der Waals surface area (Å²) in [5.41, 5.74) is 0.249. The smallest absolute Gasteiger partial charge is 0.306 e. The molecule has 4 heteroatoms. The molecule has 0 bridgehead atoms. The number of amides is 1. The predicted octanol–water partition coefficient (Wildman–Crippen LogP) is 2.53. The fourth-order valence-electron chi connectivity index (χ4n) is 3.48. The molecule has 0 aromatic heterocycles. The quantitative estimate of drug-likeness (QED) is 0.855. The number of carbonyl (C=O) groups excluding carboxylic acids is 1. The lowest BCUT2D eigenvalue weighted by Crippen LogP contribution is -2.46. The number of rotatable bonds is 3. The zero-order valence-electron chi connectivity index (χ0n) is 12.0. The first kappa shape index (κ1) is 14.4. The summed E-state index contributed by atoms with van der Waals surface area (Å²) in [6.45, 7) is 6.13. The van der Waals surface area contributed by atoms with Crippen molar-refractivity contribution in [2.45, 2.75) is 52.4 Å². The van der Waals surface area contributed by atoms with E-state index < -0.39 is 5.97 Å². The zero-order chi connectivity index (χ0) is 14.0. The van der Waals surface area contributed by atoms with Gasteiger partial charge in [0, 0.05) is 19.0 Å². The maximum Gasteiger partial charge on any atom is 0.306 e. The molecule has 0 spiro atoms.